The number of benzene rings is 1. The highest BCUT2D eigenvalue weighted by Gasteiger charge is 2.71. The van der Waals surface area contributed by atoms with Gasteiger partial charge < -0.3 is 23.7 Å². The van der Waals surface area contributed by atoms with E-state index in [1.807, 2.05) is 6.07 Å². The van der Waals surface area contributed by atoms with Crippen LogP contribution < -0.4 is 9.47 Å². The average molecular weight is 330 g/mol. The smallest absolute Gasteiger partial charge is 0.206 e. The van der Waals surface area contributed by atoms with Crippen molar-refractivity contribution in [3.8, 4) is 11.5 Å². The van der Waals surface area contributed by atoms with Crippen molar-refractivity contribution in [1.29, 1.82) is 0 Å². The molecule has 5 nitrogen and oxygen atoms in total. The lowest BCUT2D eigenvalue weighted by Crippen LogP contribution is -2.67. The molecule has 128 valence electrons. The maximum Gasteiger partial charge on any atom is 0.206 e. The molecule has 2 aliphatic carbocycles. The average Bonchev–Trinajstić information content (AvgIpc) is 3.19. The summed E-state index contributed by atoms with van der Waals surface area (Å²) in [7, 11) is 1.71. The van der Waals surface area contributed by atoms with Crippen molar-refractivity contribution in [2.45, 2.75) is 49.1 Å². The first-order valence-corrected chi connectivity index (χ1v) is 9.05. The Morgan fingerprint density at radius 1 is 1.12 bits per heavy atom. The molecule has 6 rings (SSSR count). The molecule has 0 radical (unpaired) electrons. The summed E-state index contributed by atoms with van der Waals surface area (Å²) < 4.78 is 30.8. The monoisotopic (exact) mass is 330 g/mol. The summed E-state index contributed by atoms with van der Waals surface area (Å²) in [5.74, 6) is 1.63. The van der Waals surface area contributed by atoms with Crippen LogP contribution in [0.2, 0.25) is 0 Å². The molecule has 3 aliphatic heterocycles. The minimum Gasteiger partial charge on any atom is -0.493 e. The summed E-state index contributed by atoms with van der Waals surface area (Å²) in [4.78, 5) is 0. The van der Waals surface area contributed by atoms with Crippen LogP contribution in [0.5, 0.6) is 11.5 Å². The van der Waals surface area contributed by atoms with E-state index in [1.165, 1.54) is 11.1 Å². The fraction of sp³-hybridized carbons (Fsp3) is 0.684. The van der Waals surface area contributed by atoms with Gasteiger partial charge in [-0.3, -0.25) is 0 Å². The second kappa shape index (κ2) is 4.45. The van der Waals surface area contributed by atoms with Gasteiger partial charge in [0.25, 0.3) is 0 Å². The van der Waals surface area contributed by atoms with Crippen LogP contribution >= 0.6 is 0 Å². The number of rotatable bonds is 1. The highest BCUT2D eigenvalue weighted by atomic mass is 16.8. The lowest BCUT2D eigenvalue weighted by atomic mass is 9.52. The molecular formula is C19H22O5. The summed E-state index contributed by atoms with van der Waals surface area (Å²) >= 11 is 0. The van der Waals surface area contributed by atoms with E-state index in [0.29, 0.717) is 19.1 Å². The van der Waals surface area contributed by atoms with Crippen LogP contribution in [0.1, 0.15) is 30.4 Å². The van der Waals surface area contributed by atoms with Gasteiger partial charge >= 0.3 is 0 Å². The zero-order valence-corrected chi connectivity index (χ0v) is 13.9. The molecule has 24 heavy (non-hydrogen) atoms. The van der Waals surface area contributed by atoms with Crippen LogP contribution in [0.3, 0.4) is 0 Å². The topological polar surface area (TPSA) is 46.2 Å². The number of methoxy groups -OCH3 is 1. The van der Waals surface area contributed by atoms with Crippen LogP contribution in [0.15, 0.2) is 12.1 Å². The van der Waals surface area contributed by atoms with Crippen molar-refractivity contribution in [1.82, 2.24) is 0 Å². The highest BCUT2D eigenvalue weighted by Crippen LogP contribution is 2.66. The summed E-state index contributed by atoms with van der Waals surface area (Å²) in [5.41, 5.74) is 2.65. The zero-order valence-electron chi connectivity index (χ0n) is 13.9. The van der Waals surface area contributed by atoms with Gasteiger partial charge in [0.1, 0.15) is 0 Å². The Balaban J connectivity index is 1.63. The predicted octanol–water partition coefficient (Wildman–Crippen LogP) is 2.19. The first-order valence-electron chi connectivity index (χ1n) is 9.05. The first-order chi connectivity index (χ1) is 11.8. The summed E-state index contributed by atoms with van der Waals surface area (Å²) in [6.07, 6.45) is 4.10. The van der Waals surface area contributed by atoms with Crippen LogP contribution in [-0.2, 0) is 26.0 Å². The van der Waals surface area contributed by atoms with E-state index in [1.54, 1.807) is 7.11 Å². The minimum atomic E-state index is -0.600. The molecule has 3 heterocycles. The standard InChI is InChI=1S/C19H22O5/c1-20-13-3-2-11-10-14-12-4-5-19(22-8-9-23-19)17-18(12,6-7-21-14)15(11)16(13)24-17/h2-3,12,14,17H,4-10H2,1H3/t12-,14+,17+,18-/m0/s1. The van der Waals surface area contributed by atoms with Crippen LogP contribution in [0.4, 0.5) is 0 Å². The van der Waals surface area contributed by atoms with Gasteiger partial charge in [-0.05, 0) is 36.8 Å². The molecule has 2 bridgehead atoms. The fourth-order valence-electron chi connectivity index (χ4n) is 6.16. The van der Waals surface area contributed by atoms with E-state index >= 15 is 0 Å². The molecule has 5 aliphatic rings. The van der Waals surface area contributed by atoms with Gasteiger partial charge in [-0.15, -0.1) is 0 Å². The Kier molecular flexibility index (Phi) is 2.58. The fourth-order valence-corrected chi connectivity index (χ4v) is 6.16. The third-order valence-corrected chi connectivity index (χ3v) is 6.96. The molecular weight excluding hydrogens is 308 g/mol. The van der Waals surface area contributed by atoms with Crippen molar-refractivity contribution in [3.63, 3.8) is 0 Å². The zero-order chi connectivity index (χ0) is 15.9. The lowest BCUT2D eigenvalue weighted by Gasteiger charge is -2.57. The van der Waals surface area contributed by atoms with E-state index < -0.39 is 5.79 Å². The van der Waals surface area contributed by atoms with Crippen LogP contribution in [0.25, 0.3) is 0 Å². The van der Waals surface area contributed by atoms with E-state index in [-0.39, 0.29) is 17.6 Å². The summed E-state index contributed by atoms with van der Waals surface area (Å²) in [5, 5.41) is 0. The Morgan fingerprint density at radius 2 is 2.00 bits per heavy atom. The molecule has 0 amide bonds. The summed E-state index contributed by atoms with van der Waals surface area (Å²) in [6, 6.07) is 4.22. The molecule has 3 fully saturated rings. The SMILES string of the molecule is COc1ccc2c3c1O[C@H]1C4(CC[C@H]5[C@@H](C2)OCC[C@@]351)OCCO4. The predicted molar refractivity (Wildman–Crippen MR) is 84.5 cm³/mol. The van der Waals surface area contributed by atoms with Gasteiger partial charge in [0.15, 0.2) is 17.6 Å². The van der Waals surface area contributed by atoms with E-state index in [2.05, 4.69) is 6.07 Å². The maximum atomic E-state index is 6.61. The first kappa shape index (κ1) is 13.9. The summed E-state index contributed by atoms with van der Waals surface area (Å²) in [6.45, 7) is 2.09. The molecule has 2 saturated heterocycles. The van der Waals surface area contributed by atoms with E-state index in [0.717, 1.165) is 43.8 Å². The molecule has 5 heteroatoms. The second-order valence-corrected chi connectivity index (χ2v) is 7.69. The van der Waals surface area contributed by atoms with Crippen molar-refractivity contribution < 1.29 is 23.7 Å². The van der Waals surface area contributed by atoms with Gasteiger partial charge in [0.2, 0.25) is 5.79 Å². The van der Waals surface area contributed by atoms with Crippen molar-refractivity contribution in [2.75, 3.05) is 26.9 Å². The Labute approximate surface area is 141 Å². The largest absolute Gasteiger partial charge is 0.493 e. The number of ether oxygens (including phenoxy) is 5. The number of hydrogen-bond donors (Lipinski definition) is 0. The van der Waals surface area contributed by atoms with Crippen molar-refractivity contribution >= 4 is 0 Å². The normalized spacial score (nSPS) is 40.3. The third kappa shape index (κ3) is 1.40. The molecule has 0 N–H and O–H groups in total. The maximum absolute atomic E-state index is 6.61. The van der Waals surface area contributed by atoms with E-state index in [9.17, 15) is 0 Å². The van der Waals surface area contributed by atoms with Gasteiger partial charge in [0.05, 0.1) is 26.4 Å². The van der Waals surface area contributed by atoms with Crippen molar-refractivity contribution in [3.05, 3.63) is 23.3 Å². The van der Waals surface area contributed by atoms with Gasteiger partial charge in [0, 0.05) is 24.0 Å². The molecule has 0 aromatic heterocycles. The Bertz CT molecular complexity index is 710. The highest BCUT2D eigenvalue weighted by molar-refractivity contribution is 5.61. The Morgan fingerprint density at radius 3 is 2.83 bits per heavy atom. The molecule has 1 saturated carbocycles. The third-order valence-electron chi connectivity index (χ3n) is 6.96. The van der Waals surface area contributed by atoms with Gasteiger partial charge in [-0.1, -0.05) is 6.07 Å². The van der Waals surface area contributed by atoms with Crippen molar-refractivity contribution in [2.24, 2.45) is 5.92 Å². The molecule has 4 atom stereocenters. The number of fused-ring (bicyclic) bond motifs is 1. The van der Waals surface area contributed by atoms with Gasteiger partial charge in [-0.25, -0.2) is 0 Å². The minimum absolute atomic E-state index is 0.0526. The number of hydrogen-bond acceptors (Lipinski definition) is 5. The van der Waals surface area contributed by atoms with Crippen LogP contribution in [-0.4, -0.2) is 44.9 Å². The Hall–Kier alpha value is -1.30. The van der Waals surface area contributed by atoms with Gasteiger partial charge in [-0.2, -0.15) is 0 Å². The molecule has 0 unspecified atom stereocenters. The molecule has 1 aromatic carbocycles. The quantitative estimate of drug-likeness (QED) is 0.790. The lowest BCUT2D eigenvalue weighted by molar-refractivity contribution is -0.269. The molecule has 1 aromatic rings. The second-order valence-electron chi connectivity index (χ2n) is 7.69. The molecule has 2 spiro atoms. The van der Waals surface area contributed by atoms with Crippen LogP contribution in [0, 0.1) is 5.92 Å². The van der Waals surface area contributed by atoms with E-state index in [4.69, 9.17) is 23.7 Å².